The maximum absolute atomic E-state index is 12.2. The van der Waals surface area contributed by atoms with Gasteiger partial charge in [0.2, 0.25) is 0 Å². The molecule has 3 nitrogen and oxygen atoms in total. The van der Waals surface area contributed by atoms with Crippen LogP contribution in [-0.4, -0.2) is 25.3 Å². The second-order valence-electron chi connectivity index (χ2n) is 5.14. The molecule has 0 aliphatic heterocycles. The molecule has 0 aliphatic carbocycles. The molecule has 0 saturated carbocycles. The normalized spacial score (nSPS) is 10.3. The average molecular weight is 329 g/mol. The fraction of sp³-hybridized carbons (Fsp3) is 0.316. The van der Waals surface area contributed by atoms with E-state index >= 15 is 0 Å². The van der Waals surface area contributed by atoms with Crippen molar-refractivity contribution in [2.24, 2.45) is 0 Å². The highest BCUT2D eigenvalue weighted by Crippen LogP contribution is 2.19. The number of nitrogens with one attached hydrogen (secondary N) is 1. The first kappa shape index (κ1) is 17.4. The number of carbonyl (C=O) groups excluding carboxylic acids is 1. The zero-order valence-corrected chi connectivity index (χ0v) is 14.5. The largest absolute Gasteiger partial charge is 0.494 e. The van der Waals surface area contributed by atoms with Gasteiger partial charge >= 0.3 is 0 Å². The smallest absolute Gasteiger partial charge is 0.252 e. The van der Waals surface area contributed by atoms with Crippen molar-refractivity contribution in [3.05, 3.63) is 59.7 Å². The van der Waals surface area contributed by atoms with Gasteiger partial charge in [0.05, 0.1) is 12.2 Å². The minimum Gasteiger partial charge on any atom is -0.494 e. The third-order valence-electron chi connectivity index (χ3n) is 3.51. The molecule has 0 aromatic heterocycles. The zero-order valence-electron chi connectivity index (χ0n) is 13.7. The van der Waals surface area contributed by atoms with Gasteiger partial charge in [0, 0.05) is 11.4 Å². The minimum absolute atomic E-state index is 0.00152. The fourth-order valence-corrected chi connectivity index (χ4v) is 2.94. The van der Waals surface area contributed by atoms with Crippen LogP contribution in [0.25, 0.3) is 0 Å². The molecule has 2 aromatic rings. The Labute approximate surface area is 142 Å². The molecule has 122 valence electrons. The maximum Gasteiger partial charge on any atom is 0.252 e. The molecule has 0 heterocycles. The van der Waals surface area contributed by atoms with Crippen LogP contribution in [0.4, 0.5) is 0 Å². The van der Waals surface area contributed by atoms with Crippen LogP contribution in [0.15, 0.2) is 53.4 Å². The first-order valence-electron chi connectivity index (χ1n) is 7.87. The van der Waals surface area contributed by atoms with Crippen LogP contribution in [0.5, 0.6) is 5.75 Å². The second-order valence-corrected chi connectivity index (χ2v) is 5.98. The van der Waals surface area contributed by atoms with E-state index in [2.05, 4.69) is 17.4 Å². The average Bonchev–Trinajstić information content (AvgIpc) is 2.60. The van der Waals surface area contributed by atoms with Crippen molar-refractivity contribution >= 4 is 17.7 Å². The maximum atomic E-state index is 12.2. The Balaban J connectivity index is 1.77. The summed E-state index contributed by atoms with van der Waals surface area (Å²) in [6.45, 7) is 3.34. The van der Waals surface area contributed by atoms with E-state index in [0.29, 0.717) is 13.2 Å². The Kier molecular flexibility index (Phi) is 7.01. The lowest BCUT2D eigenvalue weighted by molar-refractivity contribution is 0.0950. The van der Waals surface area contributed by atoms with Gasteiger partial charge in [0.1, 0.15) is 5.75 Å². The van der Waals surface area contributed by atoms with Crippen LogP contribution in [0.3, 0.4) is 0 Å². The van der Waals surface area contributed by atoms with Gasteiger partial charge in [0.25, 0.3) is 5.91 Å². The van der Waals surface area contributed by atoms with Gasteiger partial charge in [0.15, 0.2) is 0 Å². The highest BCUT2D eigenvalue weighted by atomic mass is 32.2. The van der Waals surface area contributed by atoms with Crippen LogP contribution in [0.2, 0.25) is 0 Å². The molecule has 2 rings (SSSR count). The van der Waals surface area contributed by atoms with Crippen molar-refractivity contribution in [1.82, 2.24) is 5.32 Å². The molecule has 2 aromatic carbocycles. The molecule has 0 radical (unpaired) electrons. The van der Waals surface area contributed by atoms with E-state index in [1.807, 2.05) is 49.6 Å². The van der Waals surface area contributed by atoms with Crippen molar-refractivity contribution in [1.29, 1.82) is 0 Å². The lowest BCUT2D eigenvalue weighted by Gasteiger charge is -2.09. The van der Waals surface area contributed by atoms with Crippen molar-refractivity contribution in [3.63, 3.8) is 0 Å². The molecular formula is C19H23NO2S. The number of amides is 1. The number of carbonyl (C=O) groups is 1. The van der Waals surface area contributed by atoms with Crippen LogP contribution in [0.1, 0.15) is 29.3 Å². The molecule has 1 N–H and O–H groups in total. The van der Waals surface area contributed by atoms with Crippen LogP contribution in [0, 0.1) is 0 Å². The van der Waals surface area contributed by atoms with E-state index < -0.39 is 0 Å². The molecule has 0 bridgehead atoms. The van der Waals surface area contributed by atoms with Crippen molar-refractivity contribution in [2.75, 3.05) is 19.4 Å². The van der Waals surface area contributed by atoms with Gasteiger partial charge < -0.3 is 10.1 Å². The number of aryl methyl sites for hydroxylation is 1. The minimum atomic E-state index is 0.00152. The summed E-state index contributed by atoms with van der Waals surface area (Å²) >= 11 is 1.59. The summed E-state index contributed by atoms with van der Waals surface area (Å²) in [5.41, 5.74) is 2.01. The van der Waals surface area contributed by atoms with E-state index in [0.717, 1.165) is 29.1 Å². The highest BCUT2D eigenvalue weighted by Gasteiger charge is 2.09. The monoisotopic (exact) mass is 329 g/mol. The third-order valence-corrected chi connectivity index (χ3v) is 4.31. The van der Waals surface area contributed by atoms with E-state index in [-0.39, 0.29) is 5.91 Å². The molecule has 0 unspecified atom stereocenters. The first-order chi connectivity index (χ1) is 11.2. The first-order valence-corrected chi connectivity index (χ1v) is 9.10. The Morgan fingerprint density at radius 2 is 1.87 bits per heavy atom. The van der Waals surface area contributed by atoms with E-state index in [1.165, 1.54) is 5.56 Å². The molecule has 23 heavy (non-hydrogen) atoms. The molecule has 1 amide bonds. The molecule has 0 fully saturated rings. The molecular weight excluding hydrogens is 306 g/mol. The molecule has 0 saturated heterocycles. The van der Waals surface area contributed by atoms with Gasteiger partial charge in [-0.1, -0.05) is 24.3 Å². The lowest BCUT2D eigenvalue weighted by atomic mass is 10.1. The number of thioether (sulfide) groups is 1. The van der Waals surface area contributed by atoms with Crippen molar-refractivity contribution in [3.8, 4) is 5.75 Å². The van der Waals surface area contributed by atoms with Crippen LogP contribution in [-0.2, 0) is 6.42 Å². The quantitative estimate of drug-likeness (QED) is 0.583. The number of hydrogen-bond donors (Lipinski definition) is 1. The summed E-state index contributed by atoms with van der Waals surface area (Å²) in [5.74, 6) is 0.903. The number of ether oxygens (including phenoxy) is 1. The third kappa shape index (κ3) is 5.32. The fourth-order valence-electron chi connectivity index (χ4n) is 2.34. The lowest BCUT2D eigenvalue weighted by Crippen LogP contribution is -2.25. The molecule has 4 heteroatoms. The zero-order chi connectivity index (χ0) is 16.5. The van der Waals surface area contributed by atoms with Gasteiger partial charge in [-0.05, 0) is 55.9 Å². The Hall–Kier alpha value is -1.94. The summed E-state index contributed by atoms with van der Waals surface area (Å²) in [7, 11) is 0. The Morgan fingerprint density at radius 1 is 1.13 bits per heavy atom. The summed E-state index contributed by atoms with van der Waals surface area (Å²) in [4.78, 5) is 13.2. The Bertz CT molecular complexity index is 626. The van der Waals surface area contributed by atoms with E-state index in [4.69, 9.17) is 4.74 Å². The number of benzene rings is 2. The van der Waals surface area contributed by atoms with Crippen molar-refractivity contribution < 1.29 is 9.53 Å². The molecule has 0 spiro atoms. The predicted molar refractivity (Wildman–Crippen MR) is 96.5 cm³/mol. The van der Waals surface area contributed by atoms with Crippen molar-refractivity contribution in [2.45, 2.75) is 24.7 Å². The van der Waals surface area contributed by atoms with Gasteiger partial charge in [-0.15, -0.1) is 11.8 Å². The van der Waals surface area contributed by atoms with Gasteiger partial charge in [-0.2, -0.15) is 0 Å². The Morgan fingerprint density at radius 3 is 2.57 bits per heavy atom. The van der Waals surface area contributed by atoms with Crippen LogP contribution < -0.4 is 10.1 Å². The number of hydrogen-bond acceptors (Lipinski definition) is 3. The summed E-state index contributed by atoms with van der Waals surface area (Å²) < 4.78 is 5.43. The number of rotatable bonds is 8. The molecule has 0 atom stereocenters. The standard InChI is InChI=1S/C19H23NO2S/c1-3-22-16-12-10-15(11-13-16)7-6-14-20-19(21)17-8-4-5-9-18(17)23-2/h4-5,8-13H,3,6-7,14H2,1-2H3,(H,20,21). The second kappa shape index (κ2) is 9.26. The van der Waals surface area contributed by atoms with E-state index in [1.54, 1.807) is 11.8 Å². The topological polar surface area (TPSA) is 38.3 Å². The van der Waals surface area contributed by atoms with Gasteiger partial charge in [-0.3, -0.25) is 4.79 Å². The summed E-state index contributed by atoms with van der Waals surface area (Å²) in [6.07, 6.45) is 3.84. The predicted octanol–water partition coefficient (Wildman–Crippen LogP) is 4.17. The highest BCUT2D eigenvalue weighted by molar-refractivity contribution is 7.98. The van der Waals surface area contributed by atoms with Gasteiger partial charge in [-0.25, -0.2) is 0 Å². The SMILES string of the molecule is CCOc1ccc(CCCNC(=O)c2ccccc2SC)cc1. The molecule has 0 aliphatic rings. The summed E-state index contributed by atoms with van der Waals surface area (Å²) in [6, 6.07) is 15.8. The summed E-state index contributed by atoms with van der Waals surface area (Å²) in [5, 5.41) is 3.00. The van der Waals surface area contributed by atoms with E-state index in [9.17, 15) is 4.79 Å². The van der Waals surface area contributed by atoms with Crippen LogP contribution >= 0.6 is 11.8 Å².